The molecule has 1 saturated carbocycles. The fraction of sp³-hybridized carbons (Fsp3) is 0.471. The zero-order valence-electron chi connectivity index (χ0n) is 13.0. The van der Waals surface area contributed by atoms with E-state index in [1.807, 2.05) is 18.2 Å². The zero-order valence-corrected chi connectivity index (χ0v) is 13.0. The van der Waals surface area contributed by atoms with Crippen LogP contribution in [0.1, 0.15) is 38.5 Å². The minimum absolute atomic E-state index is 0.451. The summed E-state index contributed by atoms with van der Waals surface area (Å²) in [6.07, 6.45) is 8.56. The van der Waals surface area contributed by atoms with Gasteiger partial charge in [0.05, 0.1) is 29.6 Å². The Morgan fingerprint density at radius 3 is 2.74 bits per heavy atom. The number of ether oxygens (including phenoxy) is 1. The van der Waals surface area contributed by atoms with Gasteiger partial charge in [0, 0.05) is 6.20 Å². The van der Waals surface area contributed by atoms with Gasteiger partial charge in [-0.2, -0.15) is 5.10 Å². The van der Waals surface area contributed by atoms with Crippen LogP contribution in [0.15, 0.2) is 30.6 Å². The number of unbranched alkanes of at least 4 members (excludes halogenated alkanes) is 1. The Kier molecular flexibility index (Phi) is 4.60. The molecule has 0 aromatic carbocycles. The molecule has 1 aliphatic carbocycles. The summed E-state index contributed by atoms with van der Waals surface area (Å²) in [5, 5.41) is 16.0. The molecule has 0 aliphatic heterocycles. The number of carboxylic acids is 1. The van der Waals surface area contributed by atoms with E-state index in [0.29, 0.717) is 6.61 Å². The number of carboxylic acid groups (broad SMARTS) is 1. The predicted octanol–water partition coefficient (Wildman–Crippen LogP) is 3.28. The van der Waals surface area contributed by atoms with Crippen LogP contribution >= 0.6 is 0 Å². The molecule has 122 valence electrons. The molecule has 3 rings (SSSR count). The molecular weight excluding hydrogens is 294 g/mol. The van der Waals surface area contributed by atoms with E-state index in [1.165, 1.54) is 0 Å². The van der Waals surface area contributed by atoms with Gasteiger partial charge in [-0.1, -0.05) is 6.42 Å². The molecule has 0 unspecified atom stereocenters. The maximum atomic E-state index is 11.3. The minimum atomic E-state index is -0.636. The van der Waals surface area contributed by atoms with Gasteiger partial charge in [0.1, 0.15) is 5.75 Å². The van der Waals surface area contributed by atoms with Crippen molar-refractivity contribution in [3.8, 4) is 17.1 Å². The standard InChI is InChI=1S/C17H21N3O3/c21-16(22)17(8-3-9-17)7-1-2-11-23-13-4-5-14(18-12-13)15-6-10-19-20-15/h4-6,10,12H,1-3,7-9,11H2,(H,19,20)(H,21,22). The highest BCUT2D eigenvalue weighted by Gasteiger charge is 2.43. The highest BCUT2D eigenvalue weighted by atomic mass is 16.5. The molecule has 2 heterocycles. The van der Waals surface area contributed by atoms with Gasteiger partial charge in [-0.15, -0.1) is 0 Å². The number of rotatable bonds is 8. The molecule has 23 heavy (non-hydrogen) atoms. The fourth-order valence-electron chi connectivity index (χ4n) is 2.95. The quantitative estimate of drug-likeness (QED) is 0.730. The van der Waals surface area contributed by atoms with Crippen LogP contribution in [0.4, 0.5) is 0 Å². The van der Waals surface area contributed by atoms with Gasteiger partial charge in [-0.25, -0.2) is 0 Å². The second-order valence-electron chi connectivity index (χ2n) is 6.09. The molecule has 0 atom stereocenters. The van der Waals surface area contributed by atoms with E-state index in [1.54, 1.807) is 12.4 Å². The molecule has 2 aromatic heterocycles. The lowest BCUT2D eigenvalue weighted by atomic mass is 9.66. The number of aromatic nitrogens is 3. The summed E-state index contributed by atoms with van der Waals surface area (Å²) in [5.74, 6) is 0.0909. The van der Waals surface area contributed by atoms with Gasteiger partial charge >= 0.3 is 5.97 Å². The van der Waals surface area contributed by atoms with Crippen molar-refractivity contribution >= 4 is 5.97 Å². The highest BCUT2D eigenvalue weighted by Crippen LogP contribution is 2.45. The summed E-state index contributed by atoms with van der Waals surface area (Å²) >= 11 is 0. The van der Waals surface area contributed by atoms with E-state index in [2.05, 4.69) is 15.2 Å². The molecule has 0 saturated heterocycles. The summed E-state index contributed by atoms with van der Waals surface area (Å²) in [6.45, 7) is 0.584. The summed E-state index contributed by atoms with van der Waals surface area (Å²) < 4.78 is 5.67. The number of H-pyrrole nitrogens is 1. The molecule has 2 N–H and O–H groups in total. The molecule has 0 bridgehead atoms. The number of hydrogen-bond donors (Lipinski definition) is 2. The number of carbonyl (C=O) groups is 1. The van der Waals surface area contributed by atoms with Crippen molar-refractivity contribution in [2.45, 2.75) is 38.5 Å². The largest absolute Gasteiger partial charge is 0.492 e. The maximum absolute atomic E-state index is 11.3. The molecule has 1 fully saturated rings. The Morgan fingerprint density at radius 1 is 1.30 bits per heavy atom. The number of hydrogen-bond acceptors (Lipinski definition) is 4. The highest BCUT2D eigenvalue weighted by molar-refractivity contribution is 5.75. The van der Waals surface area contributed by atoms with E-state index < -0.39 is 11.4 Å². The van der Waals surface area contributed by atoms with E-state index in [0.717, 1.165) is 55.7 Å². The number of aliphatic carboxylic acids is 1. The average molecular weight is 315 g/mol. The topological polar surface area (TPSA) is 88.1 Å². The van der Waals surface area contributed by atoms with Gasteiger partial charge in [0.25, 0.3) is 0 Å². The van der Waals surface area contributed by atoms with Crippen LogP contribution in [0.25, 0.3) is 11.4 Å². The summed E-state index contributed by atoms with van der Waals surface area (Å²) in [4.78, 5) is 15.6. The van der Waals surface area contributed by atoms with Crippen LogP contribution in [0.5, 0.6) is 5.75 Å². The van der Waals surface area contributed by atoms with Crippen LogP contribution in [0, 0.1) is 5.41 Å². The minimum Gasteiger partial charge on any atom is -0.492 e. The third-order valence-corrected chi connectivity index (χ3v) is 4.60. The lowest BCUT2D eigenvalue weighted by molar-refractivity contribution is -0.155. The number of pyridine rings is 1. The van der Waals surface area contributed by atoms with Crippen molar-refractivity contribution in [3.05, 3.63) is 30.6 Å². The second-order valence-corrected chi connectivity index (χ2v) is 6.09. The maximum Gasteiger partial charge on any atom is 0.309 e. The number of nitrogens with zero attached hydrogens (tertiary/aromatic N) is 2. The molecule has 0 radical (unpaired) electrons. The molecular formula is C17H21N3O3. The van der Waals surface area contributed by atoms with Gasteiger partial charge in [-0.3, -0.25) is 14.9 Å². The van der Waals surface area contributed by atoms with Crippen LogP contribution < -0.4 is 4.74 Å². The molecule has 0 spiro atoms. The van der Waals surface area contributed by atoms with Gasteiger partial charge in [-0.05, 0) is 50.3 Å². The van der Waals surface area contributed by atoms with Gasteiger partial charge in [0.15, 0.2) is 0 Å². The number of nitrogens with one attached hydrogen (secondary N) is 1. The molecule has 1 aliphatic rings. The third kappa shape index (κ3) is 3.52. The van der Waals surface area contributed by atoms with E-state index in [9.17, 15) is 9.90 Å². The van der Waals surface area contributed by atoms with Crippen molar-refractivity contribution < 1.29 is 14.6 Å². The van der Waals surface area contributed by atoms with Crippen molar-refractivity contribution in [1.82, 2.24) is 15.2 Å². The third-order valence-electron chi connectivity index (χ3n) is 4.60. The first-order valence-electron chi connectivity index (χ1n) is 8.02. The molecule has 6 nitrogen and oxygen atoms in total. The lowest BCUT2D eigenvalue weighted by Crippen LogP contribution is -2.37. The van der Waals surface area contributed by atoms with E-state index >= 15 is 0 Å². The molecule has 2 aromatic rings. The lowest BCUT2D eigenvalue weighted by Gasteiger charge is -2.37. The first kappa shape index (κ1) is 15.5. The van der Waals surface area contributed by atoms with Crippen molar-refractivity contribution in [2.75, 3.05) is 6.61 Å². The Balaban J connectivity index is 1.40. The Morgan fingerprint density at radius 2 is 2.17 bits per heavy atom. The van der Waals surface area contributed by atoms with Crippen LogP contribution in [0.2, 0.25) is 0 Å². The smallest absolute Gasteiger partial charge is 0.309 e. The predicted molar refractivity (Wildman–Crippen MR) is 85.1 cm³/mol. The summed E-state index contributed by atoms with van der Waals surface area (Å²) in [7, 11) is 0. The summed E-state index contributed by atoms with van der Waals surface area (Å²) in [6, 6.07) is 5.63. The summed E-state index contributed by atoms with van der Waals surface area (Å²) in [5.41, 5.74) is 1.24. The van der Waals surface area contributed by atoms with Crippen molar-refractivity contribution in [2.24, 2.45) is 5.41 Å². The van der Waals surface area contributed by atoms with Crippen LogP contribution in [-0.2, 0) is 4.79 Å². The Hall–Kier alpha value is -2.37. The van der Waals surface area contributed by atoms with Crippen molar-refractivity contribution in [1.29, 1.82) is 0 Å². The fourth-order valence-corrected chi connectivity index (χ4v) is 2.95. The van der Waals surface area contributed by atoms with Crippen molar-refractivity contribution in [3.63, 3.8) is 0 Å². The van der Waals surface area contributed by atoms with Gasteiger partial charge in [0.2, 0.25) is 0 Å². The SMILES string of the molecule is O=C(O)C1(CCCCOc2ccc(-c3ccn[nH]3)nc2)CCC1. The zero-order chi connectivity index (χ0) is 16.1. The first-order chi connectivity index (χ1) is 11.2. The average Bonchev–Trinajstić information content (AvgIpc) is 3.03. The molecule has 6 heteroatoms. The first-order valence-corrected chi connectivity index (χ1v) is 8.02. The second kappa shape index (κ2) is 6.81. The Labute approximate surface area is 134 Å². The normalized spacial score (nSPS) is 15.8. The van der Waals surface area contributed by atoms with Crippen LogP contribution in [-0.4, -0.2) is 32.9 Å². The van der Waals surface area contributed by atoms with Crippen LogP contribution in [0.3, 0.4) is 0 Å². The monoisotopic (exact) mass is 315 g/mol. The number of aromatic amines is 1. The van der Waals surface area contributed by atoms with Gasteiger partial charge < -0.3 is 9.84 Å². The molecule has 0 amide bonds. The van der Waals surface area contributed by atoms with E-state index in [4.69, 9.17) is 4.74 Å². The van der Waals surface area contributed by atoms with E-state index in [-0.39, 0.29) is 0 Å². The Bertz CT molecular complexity index is 634.